The molecule has 0 unspecified atom stereocenters. The summed E-state index contributed by atoms with van der Waals surface area (Å²) in [6.07, 6.45) is 1.58. The number of ether oxygens (including phenoxy) is 1. The van der Waals surface area contributed by atoms with E-state index in [1.165, 1.54) is 0 Å². The third-order valence-electron chi connectivity index (χ3n) is 2.42. The van der Waals surface area contributed by atoms with Gasteiger partial charge < -0.3 is 10.5 Å². The maximum Gasteiger partial charge on any atom is 0.142 e. The minimum absolute atomic E-state index is 0.101. The van der Waals surface area contributed by atoms with E-state index in [0.717, 1.165) is 0 Å². The van der Waals surface area contributed by atoms with Gasteiger partial charge >= 0.3 is 0 Å². The van der Waals surface area contributed by atoms with Gasteiger partial charge in [-0.25, -0.2) is 0 Å². The highest BCUT2D eigenvalue weighted by Gasteiger charge is 2.08. The molecular weight excluding hydrogens is 285 g/mol. The van der Waals surface area contributed by atoms with Gasteiger partial charge in [0.05, 0.1) is 5.02 Å². The first-order valence-electron chi connectivity index (χ1n) is 5.44. The summed E-state index contributed by atoms with van der Waals surface area (Å²) in [5, 5.41) is 8.46. The fourth-order valence-electron chi connectivity index (χ4n) is 1.54. The highest BCUT2D eigenvalue weighted by molar-refractivity contribution is 6.34. The molecule has 1 aromatic heterocycles. The number of nitrogen functional groups attached to an aromatic ring is 1. The van der Waals surface area contributed by atoms with Crippen LogP contribution in [0.1, 0.15) is 11.3 Å². The second-order valence-corrected chi connectivity index (χ2v) is 4.63. The summed E-state index contributed by atoms with van der Waals surface area (Å²) in [5.41, 5.74) is 6.57. The van der Waals surface area contributed by atoms with E-state index < -0.39 is 0 Å². The van der Waals surface area contributed by atoms with Crippen LogP contribution in [0.3, 0.4) is 0 Å². The minimum atomic E-state index is -0.101. The minimum Gasteiger partial charge on any atom is -0.487 e. The average molecular weight is 296 g/mol. The molecule has 0 saturated heterocycles. The van der Waals surface area contributed by atoms with Gasteiger partial charge in [0, 0.05) is 22.8 Å². The topological polar surface area (TPSA) is 72.0 Å². The Labute approximate surface area is 120 Å². The van der Waals surface area contributed by atoms with Gasteiger partial charge in [0.1, 0.15) is 23.9 Å². The Morgan fingerprint density at radius 1 is 1.32 bits per heavy atom. The van der Waals surface area contributed by atoms with Crippen molar-refractivity contribution in [2.24, 2.45) is 5.73 Å². The molecule has 1 aromatic carbocycles. The van der Waals surface area contributed by atoms with E-state index in [4.69, 9.17) is 39.1 Å². The number of aromatic nitrogens is 1. The van der Waals surface area contributed by atoms with E-state index in [0.29, 0.717) is 27.1 Å². The first-order valence-corrected chi connectivity index (χ1v) is 6.19. The monoisotopic (exact) mass is 295 g/mol. The third kappa shape index (κ3) is 3.36. The van der Waals surface area contributed by atoms with Gasteiger partial charge in [0.25, 0.3) is 0 Å². The first kappa shape index (κ1) is 13.6. The lowest BCUT2D eigenvalue weighted by molar-refractivity contribution is 0.305. The van der Waals surface area contributed by atoms with Crippen molar-refractivity contribution in [1.82, 2.24) is 4.98 Å². The Morgan fingerprint density at radius 2 is 2.11 bits per heavy atom. The van der Waals surface area contributed by atoms with Gasteiger partial charge in [-0.2, -0.15) is 0 Å². The van der Waals surface area contributed by atoms with Crippen LogP contribution >= 0.6 is 23.2 Å². The molecule has 0 saturated carbocycles. The largest absolute Gasteiger partial charge is 0.487 e. The molecular formula is C13H11Cl2N3O. The van der Waals surface area contributed by atoms with Crippen molar-refractivity contribution >= 4 is 29.0 Å². The highest BCUT2D eigenvalue weighted by atomic mass is 35.5. The smallest absolute Gasteiger partial charge is 0.142 e. The number of amidine groups is 1. The van der Waals surface area contributed by atoms with Gasteiger partial charge in [0.2, 0.25) is 0 Å². The number of nitrogens with zero attached hydrogens (tertiary/aromatic N) is 1. The molecule has 0 atom stereocenters. The predicted octanol–water partition coefficient (Wildman–Crippen LogP) is 3.25. The second-order valence-electron chi connectivity index (χ2n) is 3.79. The number of pyridine rings is 1. The summed E-state index contributed by atoms with van der Waals surface area (Å²) in [7, 11) is 0. The summed E-state index contributed by atoms with van der Waals surface area (Å²) in [5.74, 6) is 0.379. The Hall–Kier alpha value is -1.78. The van der Waals surface area contributed by atoms with Crippen molar-refractivity contribution in [2.75, 3.05) is 0 Å². The molecule has 1 heterocycles. The van der Waals surface area contributed by atoms with Crippen LogP contribution in [0.5, 0.6) is 5.75 Å². The van der Waals surface area contributed by atoms with E-state index >= 15 is 0 Å². The Balaban J connectivity index is 2.19. The molecule has 98 valence electrons. The third-order valence-corrected chi connectivity index (χ3v) is 2.97. The van der Waals surface area contributed by atoms with Crippen molar-refractivity contribution in [1.29, 1.82) is 5.41 Å². The quantitative estimate of drug-likeness (QED) is 0.672. The molecule has 2 rings (SSSR count). The molecule has 4 nitrogen and oxygen atoms in total. The van der Waals surface area contributed by atoms with E-state index in [-0.39, 0.29) is 12.4 Å². The summed E-state index contributed by atoms with van der Waals surface area (Å²) >= 11 is 11.9. The lowest BCUT2D eigenvalue weighted by Gasteiger charge is -2.10. The molecule has 0 bridgehead atoms. The summed E-state index contributed by atoms with van der Waals surface area (Å²) in [6, 6.07) is 8.52. The maximum atomic E-state index is 7.45. The molecule has 19 heavy (non-hydrogen) atoms. The zero-order valence-corrected chi connectivity index (χ0v) is 11.4. The van der Waals surface area contributed by atoms with Crippen molar-refractivity contribution in [3.63, 3.8) is 0 Å². The van der Waals surface area contributed by atoms with Crippen LogP contribution < -0.4 is 10.5 Å². The van der Waals surface area contributed by atoms with E-state index in [1.807, 2.05) is 0 Å². The molecule has 0 spiro atoms. The average Bonchev–Trinajstić information content (AvgIpc) is 2.40. The molecule has 0 amide bonds. The van der Waals surface area contributed by atoms with Crippen LogP contribution in [0.15, 0.2) is 36.5 Å². The number of hydrogen-bond donors (Lipinski definition) is 2. The van der Waals surface area contributed by atoms with Crippen LogP contribution in [-0.2, 0) is 6.61 Å². The molecule has 6 heteroatoms. The standard InChI is InChI=1S/C13H11Cl2N3O/c14-9-3-4-10(15)11(6-9)19-7-8-2-1-5-18-12(8)13(16)17/h1-6H,7H2,(H3,16,17). The second kappa shape index (κ2) is 5.91. The highest BCUT2D eigenvalue weighted by Crippen LogP contribution is 2.28. The summed E-state index contributed by atoms with van der Waals surface area (Å²) in [4.78, 5) is 4.04. The number of nitrogens with two attached hydrogens (primary N) is 1. The lowest BCUT2D eigenvalue weighted by Crippen LogP contribution is -2.16. The zero-order chi connectivity index (χ0) is 13.8. The van der Waals surface area contributed by atoms with Gasteiger partial charge in [-0.05, 0) is 18.2 Å². The van der Waals surface area contributed by atoms with Crippen molar-refractivity contribution in [3.05, 3.63) is 57.8 Å². The van der Waals surface area contributed by atoms with Gasteiger partial charge in [-0.15, -0.1) is 0 Å². The molecule has 0 aliphatic heterocycles. The predicted molar refractivity (Wildman–Crippen MR) is 76.0 cm³/mol. The van der Waals surface area contributed by atoms with Crippen molar-refractivity contribution in [2.45, 2.75) is 6.61 Å². The van der Waals surface area contributed by atoms with Crippen LogP contribution in [0.25, 0.3) is 0 Å². The summed E-state index contributed by atoms with van der Waals surface area (Å²) in [6.45, 7) is 0.211. The number of hydrogen-bond acceptors (Lipinski definition) is 3. The molecule has 0 aliphatic rings. The van der Waals surface area contributed by atoms with Gasteiger partial charge in [-0.1, -0.05) is 29.3 Å². The molecule has 2 aromatic rings. The van der Waals surface area contributed by atoms with Crippen molar-refractivity contribution < 1.29 is 4.74 Å². The van der Waals surface area contributed by atoms with Crippen LogP contribution in [0, 0.1) is 5.41 Å². The molecule has 0 aliphatic carbocycles. The van der Waals surface area contributed by atoms with Crippen molar-refractivity contribution in [3.8, 4) is 5.75 Å². The zero-order valence-electron chi connectivity index (χ0n) is 9.86. The lowest BCUT2D eigenvalue weighted by atomic mass is 10.2. The maximum absolute atomic E-state index is 7.45. The number of benzene rings is 1. The fourth-order valence-corrected chi connectivity index (χ4v) is 1.88. The van der Waals surface area contributed by atoms with Crippen LogP contribution in [0.4, 0.5) is 0 Å². The van der Waals surface area contributed by atoms with Crippen LogP contribution in [0.2, 0.25) is 10.0 Å². The normalized spacial score (nSPS) is 10.2. The summed E-state index contributed by atoms with van der Waals surface area (Å²) < 4.78 is 5.59. The van der Waals surface area contributed by atoms with E-state index in [1.54, 1.807) is 36.5 Å². The van der Waals surface area contributed by atoms with Gasteiger partial charge in [0.15, 0.2) is 0 Å². The van der Waals surface area contributed by atoms with Crippen LogP contribution in [-0.4, -0.2) is 10.8 Å². The Morgan fingerprint density at radius 3 is 2.84 bits per heavy atom. The number of halogens is 2. The molecule has 0 radical (unpaired) electrons. The number of rotatable bonds is 4. The van der Waals surface area contributed by atoms with E-state index in [9.17, 15) is 0 Å². The van der Waals surface area contributed by atoms with E-state index in [2.05, 4.69) is 4.98 Å². The Kier molecular flexibility index (Phi) is 4.24. The number of nitrogens with one attached hydrogen (secondary N) is 1. The molecule has 0 fully saturated rings. The SMILES string of the molecule is N=C(N)c1ncccc1COc1cc(Cl)ccc1Cl. The Bertz CT molecular complexity index is 617. The molecule has 3 N–H and O–H groups in total. The fraction of sp³-hybridized carbons (Fsp3) is 0.0769. The van der Waals surface area contributed by atoms with Gasteiger partial charge in [-0.3, -0.25) is 10.4 Å². The first-order chi connectivity index (χ1) is 9.08.